The molecule has 1 fully saturated rings. The molecule has 9 heteroatoms. The lowest BCUT2D eigenvalue weighted by Gasteiger charge is -2.30. The third-order valence-corrected chi connectivity index (χ3v) is 4.03. The maximum Gasteiger partial charge on any atom is 0.387 e. The Hall–Kier alpha value is -2.71. The maximum absolute atomic E-state index is 12.4. The molecule has 0 aliphatic carbocycles. The minimum atomic E-state index is -3.08. The summed E-state index contributed by atoms with van der Waals surface area (Å²) in [6, 6.07) is 5.38. The van der Waals surface area contributed by atoms with E-state index in [4.69, 9.17) is 4.74 Å². The van der Waals surface area contributed by atoms with E-state index in [1.165, 1.54) is 36.3 Å². The van der Waals surface area contributed by atoms with Crippen molar-refractivity contribution in [2.45, 2.75) is 19.5 Å². The second kappa shape index (κ2) is 9.12. The predicted octanol–water partition coefficient (Wildman–Crippen LogP) is 1.86. The molecule has 0 unspecified atom stereocenters. The second-order valence-corrected chi connectivity index (χ2v) is 5.63. The molecule has 26 heavy (non-hydrogen) atoms. The molecule has 142 valence electrons. The van der Waals surface area contributed by atoms with Gasteiger partial charge in [0, 0.05) is 13.1 Å². The molecule has 7 nitrogen and oxygen atoms in total. The molecule has 0 radical (unpaired) electrons. The van der Waals surface area contributed by atoms with Crippen LogP contribution in [0.2, 0.25) is 0 Å². The molecule has 1 aromatic carbocycles. The molecule has 1 aromatic rings. The molecule has 0 atom stereocenters. The Balaban J connectivity index is 1.86. The van der Waals surface area contributed by atoms with Crippen LogP contribution in [-0.4, -0.2) is 56.2 Å². The molecule has 0 spiro atoms. The van der Waals surface area contributed by atoms with Crippen LogP contribution in [-0.2, 0) is 19.1 Å². The predicted molar refractivity (Wildman–Crippen MR) is 84.7 cm³/mol. The minimum absolute atomic E-state index is 0.190. The van der Waals surface area contributed by atoms with Gasteiger partial charge in [0.1, 0.15) is 11.3 Å². The van der Waals surface area contributed by atoms with E-state index in [0.717, 1.165) is 0 Å². The Labute approximate surface area is 148 Å². The SMILES string of the molecule is COC(=O)C1CCN(C(=O)COC(=O)c2ccccc2OC(F)F)CC1. The molecule has 0 saturated carbocycles. The third-order valence-electron chi connectivity index (χ3n) is 4.03. The van der Waals surface area contributed by atoms with E-state index in [0.29, 0.717) is 25.9 Å². The fraction of sp³-hybridized carbons (Fsp3) is 0.471. The molecule has 1 heterocycles. The number of likely N-dealkylation sites (tertiary alicyclic amines) is 1. The lowest BCUT2D eigenvalue weighted by molar-refractivity contribution is -0.149. The van der Waals surface area contributed by atoms with E-state index in [2.05, 4.69) is 9.47 Å². The molecular formula is C17H19F2NO6. The van der Waals surface area contributed by atoms with Crippen LogP contribution in [0.3, 0.4) is 0 Å². The number of halogens is 2. The zero-order chi connectivity index (χ0) is 19.1. The number of benzene rings is 1. The Morgan fingerprint density at radius 1 is 1.19 bits per heavy atom. The molecule has 1 aliphatic heterocycles. The first-order valence-corrected chi connectivity index (χ1v) is 7.99. The van der Waals surface area contributed by atoms with Gasteiger partial charge >= 0.3 is 18.6 Å². The number of para-hydroxylation sites is 1. The molecule has 2 rings (SSSR count). The summed E-state index contributed by atoms with van der Waals surface area (Å²) in [5.41, 5.74) is -0.190. The van der Waals surface area contributed by atoms with Crippen molar-refractivity contribution in [2.24, 2.45) is 5.92 Å². The van der Waals surface area contributed by atoms with Gasteiger partial charge in [-0.1, -0.05) is 12.1 Å². The summed E-state index contributed by atoms with van der Waals surface area (Å²) in [4.78, 5) is 37.1. The van der Waals surface area contributed by atoms with Crippen molar-refractivity contribution in [3.8, 4) is 5.75 Å². The highest BCUT2D eigenvalue weighted by molar-refractivity contribution is 5.94. The summed E-state index contributed by atoms with van der Waals surface area (Å²) in [6.07, 6.45) is 0.939. The first-order chi connectivity index (χ1) is 12.4. The van der Waals surface area contributed by atoms with Crippen LogP contribution in [0.25, 0.3) is 0 Å². The number of rotatable bonds is 6. The zero-order valence-electron chi connectivity index (χ0n) is 14.2. The lowest BCUT2D eigenvalue weighted by atomic mass is 9.97. The number of nitrogens with zero attached hydrogens (tertiary/aromatic N) is 1. The molecule has 0 aromatic heterocycles. The summed E-state index contributed by atoms with van der Waals surface area (Å²) >= 11 is 0. The summed E-state index contributed by atoms with van der Waals surface area (Å²) in [6.45, 7) is -2.91. The van der Waals surface area contributed by atoms with Gasteiger partial charge in [0.15, 0.2) is 6.61 Å². The standard InChI is InChI=1S/C17H19F2NO6/c1-24-15(22)11-6-8-20(9-7-11)14(21)10-25-16(23)12-4-2-3-5-13(12)26-17(18)19/h2-5,11,17H,6-10H2,1H3. The van der Waals surface area contributed by atoms with E-state index in [9.17, 15) is 23.2 Å². The Kier molecular flexibility index (Phi) is 6.88. The van der Waals surface area contributed by atoms with Crippen molar-refractivity contribution in [3.05, 3.63) is 29.8 Å². The van der Waals surface area contributed by atoms with Gasteiger partial charge in [-0.05, 0) is 25.0 Å². The molecule has 0 N–H and O–H groups in total. The van der Waals surface area contributed by atoms with Gasteiger partial charge in [-0.2, -0.15) is 8.78 Å². The topological polar surface area (TPSA) is 82.1 Å². The monoisotopic (exact) mass is 371 g/mol. The third kappa shape index (κ3) is 5.14. The first-order valence-electron chi connectivity index (χ1n) is 7.99. The number of amides is 1. The zero-order valence-corrected chi connectivity index (χ0v) is 14.2. The van der Waals surface area contributed by atoms with Crippen molar-refractivity contribution in [1.82, 2.24) is 4.90 Å². The molecule has 0 bridgehead atoms. The summed E-state index contributed by atoms with van der Waals surface area (Å²) < 4.78 is 38.6. The number of piperidine rings is 1. The lowest BCUT2D eigenvalue weighted by Crippen LogP contribution is -2.42. The average molecular weight is 371 g/mol. The van der Waals surface area contributed by atoms with Crippen LogP contribution >= 0.6 is 0 Å². The van der Waals surface area contributed by atoms with E-state index in [1.807, 2.05) is 0 Å². The Morgan fingerprint density at radius 2 is 1.85 bits per heavy atom. The van der Waals surface area contributed by atoms with E-state index >= 15 is 0 Å². The number of esters is 2. The van der Waals surface area contributed by atoms with Crippen molar-refractivity contribution < 1.29 is 37.4 Å². The molecular weight excluding hydrogens is 352 g/mol. The number of methoxy groups -OCH3 is 1. The van der Waals surface area contributed by atoms with Crippen LogP contribution in [0.15, 0.2) is 24.3 Å². The first kappa shape index (κ1) is 19.6. The molecule has 1 amide bonds. The fourth-order valence-electron chi connectivity index (χ4n) is 2.66. The number of hydrogen-bond acceptors (Lipinski definition) is 6. The van der Waals surface area contributed by atoms with Crippen LogP contribution < -0.4 is 4.74 Å². The maximum atomic E-state index is 12.4. The van der Waals surface area contributed by atoms with Crippen molar-refractivity contribution in [2.75, 3.05) is 26.8 Å². The van der Waals surface area contributed by atoms with Gasteiger partial charge < -0.3 is 19.1 Å². The number of alkyl halides is 2. The Morgan fingerprint density at radius 3 is 2.46 bits per heavy atom. The highest BCUT2D eigenvalue weighted by Gasteiger charge is 2.28. The van der Waals surface area contributed by atoms with E-state index in [-0.39, 0.29) is 23.2 Å². The van der Waals surface area contributed by atoms with Gasteiger partial charge in [-0.25, -0.2) is 4.79 Å². The highest BCUT2D eigenvalue weighted by Crippen LogP contribution is 2.22. The van der Waals surface area contributed by atoms with Gasteiger partial charge in [0.2, 0.25) is 0 Å². The van der Waals surface area contributed by atoms with Crippen LogP contribution in [0.1, 0.15) is 23.2 Å². The quantitative estimate of drug-likeness (QED) is 0.710. The summed E-state index contributed by atoms with van der Waals surface area (Å²) in [5, 5.41) is 0. The molecule has 1 aliphatic rings. The van der Waals surface area contributed by atoms with Gasteiger partial charge in [-0.3, -0.25) is 9.59 Å². The minimum Gasteiger partial charge on any atom is -0.469 e. The van der Waals surface area contributed by atoms with Gasteiger partial charge in [0.25, 0.3) is 5.91 Å². The van der Waals surface area contributed by atoms with E-state index in [1.54, 1.807) is 0 Å². The number of ether oxygens (including phenoxy) is 3. The number of carbonyl (C=O) groups is 3. The normalized spacial score (nSPS) is 14.8. The van der Waals surface area contributed by atoms with Crippen LogP contribution in [0.4, 0.5) is 8.78 Å². The number of hydrogen-bond donors (Lipinski definition) is 0. The summed E-state index contributed by atoms with van der Waals surface area (Å²) in [5.74, 6) is -2.23. The fourth-order valence-corrected chi connectivity index (χ4v) is 2.66. The van der Waals surface area contributed by atoms with Crippen molar-refractivity contribution in [3.63, 3.8) is 0 Å². The highest BCUT2D eigenvalue weighted by atomic mass is 19.3. The van der Waals surface area contributed by atoms with Gasteiger partial charge in [0.05, 0.1) is 13.0 Å². The number of carbonyl (C=O) groups excluding carboxylic acids is 3. The van der Waals surface area contributed by atoms with Crippen molar-refractivity contribution in [1.29, 1.82) is 0 Å². The largest absolute Gasteiger partial charge is 0.469 e. The van der Waals surface area contributed by atoms with Gasteiger partial charge in [-0.15, -0.1) is 0 Å². The average Bonchev–Trinajstić information content (AvgIpc) is 2.65. The Bertz CT molecular complexity index is 658. The second-order valence-electron chi connectivity index (χ2n) is 5.63. The smallest absolute Gasteiger partial charge is 0.387 e. The summed E-state index contributed by atoms with van der Waals surface area (Å²) in [7, 11) is 1.31. The van der Waals surface area contributed by atoms with E-state index < -0.39 is 25.1 Å². The van der Waals surface area contributed by atoms with Crippen LogP contribution in [0, 0.1) is 5.92 Å². The molecule has 1 saturated heterocycles. The van der Waals surface area contributed by atoms with Crippen molar-refractivity contribution >= 4 is 17.8 Å². The van der Waals surface area contributed by atoms with Crippen LogP contribution in [0.5, 0.6) is 5.75 Å².